The molecule has 4 heteroatoms. The molecule has 2 aromatic carbocycles. The van der Waals surface area contributed by atoms with Gasteiger partial charge in [-0.15, -0.1) is 0 Å². The van der Waals surface area contributed by atoms with Crippen LogP contribution in [0.2, 0.25) is 0 Å². The Labute approximate surface area is 129 Å². The standard InChI is InChI=1S/C18H19NO3/c1-12-8-6-7-11-15(12)17(20)19-16(13(2)18(21)22)14-9-4-3-5-10-14/h3-11,13,16H,1-2H3,(H,19,20)(H,21,22)/t13-,16-/m1/s1. The minimum atomic E-state index is -0.945. The summed E-state index contributed by atoms with van der Waals surface area (Å²) in [5, 5.41) is 12.2. The van der Waals surface area contributed by atoms with Gasteiger partial charge in [-0.3, -0.25) is 9.59 Å². The molecule has 0 aliphatic carbocycles. The van der Waals surface area contributed by atoms with Gasteiger partial charge in [0.05, 0.1) is 12.0 Å². The Bertz CT molecular complexity index is 667. The van der Waals surface area contributed by atoms with E-state index in [-0.39, 0.29) is 5.91 Å². The van der Waals surface area contributed by atoms with Gasteiger partial charge < -0.3 is 10.4 Å². The summed E-state index contributed by atoms with van der Waals surface area (Å²) in [6.07, 6.45) is 0. The average molecular weight is 297 g/mol. The summed E-state index contributed by atoms with van der Waals surface area (Å²) in [5.74, 6) is -1.94. The number of hydrogen-bond acceptors (Lipinski definition) is 2. The number of carboxylic acid groups (broad SMARTS) is 1. The van der Waals surface area contributed by atoms with E-state index in [1.807, 2.05) is 49.4 Å². The fraction of sp³-hybridized carbons (Fsp3) is 0.222. The number of nitrogens with one attached hydrogen (secondary N) is 1. The van der Waals surface area contributed by atoms with Crippen molar-refractivity contribution in [2.24, 2.45) is 5.92 Å². The number of carboxylic acids is 1. The lowest BCUT2D eigenvalue weighted by Gasteiger charge is -2.23. The van der Waals surface area contributed by atoms with Crippen LogP contribution in [0.5, 0.6) is 0 Å². The molecule has 0 unspecified atom stereocenters. The number of carbonyl (C=O) groups is 2. The highest BCUT2D eigenvalue weighted by Gasteiger charge is 2.27. The van der Waals surface area contributed by atoms with Crippen LogP contribution in [0, 0.1) is 12.8 Å². The van der Waals surface area contributed by atoms with Gasteiger partial charge in [-0.2, -0.15) is 0 Å². The van der Waals surface area contributed by atoms with Crippen molar-refractivity contribution in [1.29, 1.82) is 0 Å². The molecule has 0 bridgehead atoms. The third kappa shape index (κ3) is 3.52. The van der Waals surface area contributed by atoms with Crippen LogP contribution in [0.1, 0.15) is 34.5 Å². The summed E-state index contributed by atoms with van der Waals surface area (Å²) in [6.45, 7) is 3.45. The molecule has 0 aliphatic rings. The first-order valence-corrected chi connectivity index (χ1v) is 7.15. The first kappa shape index (κ1) is 15.8. The van der Waals surface area contributed by atoms with E-state index >= 15 is 0 Å². The van der Waals surface area contributed by atoms with Gasteiger partial charge in [0.25, 0.3) is 5.91 Å². The van der Waals surface area contributed by atoms with E-state index in [1.165, 1.54) is 0 Å². The van der Waals surface area contributed by atoms with Crippen molar-refractivity contribution < 1.29 is 14.7 Å². The molecule has 114 valence electrons. The topological polar surface area (TPSA) is 66.4 Å². The van der Waals surface area contributed by atoms with Gasteiger partial charge in [0, 0.05) is 5.56 Å². The Balaban J connectivity index is 2.29. The van der Waals surface area contributed by atoms with Gasteiger partial charge in [0.2, 0.25) is 0 Å². The van der Waals surface area contributed by atoms with E-state index < -0.39 is 17.9 Å². The molecule has 2 rings (SSSR count). The molecule has 0 spiro atoms. The van der Waals surface area contributed by atoms with E-state index in [0.29, 0.717) is 5.56 Å². The summed E-state index contributed by atoms with van der Waals surface area (Å²) in [4.78, 5) is 23.8. The zero-order valence-electron chi connectivity index (χ0n) is 12.6. The molecule has 0 aromatic heterocycles. The van der Waals surface area contributed by atoms with Crippen LogP contribution in [0.4, 0.5) is 0 Å². The van der Waals surface area contributed by atoms with Crippen LogP contribution in [-0.4, -0.2) is 17.0 Å². The van der Waals surface area contributed by atoms with E-state index in [0.717, 1.165) is 11.1 Å². The lowest BCUT2D eigenvalue weighted by molar-refractivity contribution is -0.142. The minimum Gasteiger partial charge on any atom is -0.481 e. The third-order valence-corrected chi connectivity index (χ3v) is 3.72. The van der Waals surface area contributed by atoms with Gasteiger partial charge in [-0.1, -0.05) is 48.5 Å². The molecule has 4 nitrogen and oxygen atoms in total. The predicted octanol–water partition coefficient (Wildman–Crippen LogP) is 3.19. The predicted molar refractivity (Wildman–Crippen MR) is 84.6 cm³/mol. The number of amides is 1. The molecule has 0 saturated carbocycles. The molecule has 0 saturated heterocycles. The maximum absolute atomic E-state index is 12.5. The number of aryl methyl sites for hydroxylation is 1. The first-order valence-electron chi connectivity index (χ1n) is 7.15. The van der Waals surface area contributed by atoms with Gasteiger partial charge in [0.15, 0.2) is 0 Å². The Morgan fingerprint density at radius 3 is 2.18 bits per heavy atom. The number of rotatable bonds is 5. The Kier molecular flexibility index (Phi) is 4.94. The first-order chi connectivity index (χ1) is 10.5. The van der Waals surface area contributed by atoms with Gasteiger partial charge >= 0.3 is 5.97 Å². The SMILES string of the molecule is Cc1ccccc1C(=O)N[C@@H](c1ccccc1)[C@@H](C)C(=O)O. The number of aliphatic carboxylic acids is 1. The summed E-state index contributed by atoms with van der Waals surface area (Å²) in [5.41, 5.74) is 2.19. The highest BCUT2D eigenvalue weighted by molar-refractivity contribution is 5.96. The lowest BCUT2D eigenvalue weighted by Crippen LogP contribution is -2.35. The molecule has 0 fully saturated rings. The van der Waals surface area contributed by atoms with E-state index in [4.69, 9.17) is 0 Å². The fourth-order valence-electron chi connectivity index (χ4n) is 2.35. The molecule has 0 radical (unpaired) electrons. The second-order valence-corrected chi connectivity index (χ2v) is 5.30. The van der Waals surface area contributed by atoms with Gasteiger partial charge in [-0.05, 0) is 31.0 Å². The van der Waals surface area contributed by atoms with Crippen molar-refractivity contribution in [2.75, 3.05) is 0 Å². The summed E-state index contributed by atoms with van der Waals surface area (Å²) in [7, 11) is 0. The second kappa shape index (κ2) is 6.89. The largest absolute Gasteiger partial charge is 0.481 e. The van der Waals surface area contributed by atoms with E-state index in [1.54, 1.807) is 19.1 Å². The zero-order valence-corrected chi connectivity index (χ0v) is 12.6. The fourth-order valence-corrected chi connectivity index (χ4v) is 2.35. The quantitative estimate of drug-likeness (QED) is 0.890. The molecule has 0 heterocycles. The molecule has 2 N–H and O–H groups in total. The lowest BCUT2D eigenvalue weighted by atomic mass is 9.94. The maximum Gasteiger partial charge on any atom is 0.308 e. The molecule has 1 amide bonds. The maximum atomic E-state index is 12.5. The summed E-state index contributed by atoms with van der Waals surface area (Å²) >= 11 is 0. The molecule has 22 heavy (non-hydrogen) atoms. The van der Waals surface area contributed by atoms with Gasteiger partial charge in [-0.25, -0.2) is 0 Å². The van der Waals surface area contributed by atoms with Gasteiger partial charge in [0.1, 0.15) is 0 Å². The van der Waals surface area contributed by atoms with Crippen molar-refractivity contribution in [2.45, 2.75) is 19.9 Å². The van der Waals surface area contributed by atoms with E-state index in [9.17, 15) is 14.7 Å². The zero-order chi connectivity index (χ0) is 16.1. The molecule has 2 aromatic rings. The number of carbonyl (C=O) groups excluding carboxylic acids is 1. The monoisotopic (exact) mass is 297 g/mol. The third-order valence-electron chi connectivity index (χ3n) is 3.72. The van der Waals surface area contributed by atoms with Crippen LogP contribution < -0.4 is 5.32 Å². The van der Waals surface area contributed by atoms with Crippen molar-refractivity contribution in [3.8, 4) is 0 Å². The highest BCUT2D eigenvalue weighted by Crippen LogP contribution is 2.23. The van der Waals surface area contributed by atoms with Crippen molar-refractivity contribution >= 4 is 11.9 Å². The summed E-state index contributed by atoms with van der Waals surface area (Å²) in [6, 6.07) is 15.8. The number of hydrogen-bond donors (Lipinski definition) is 2. The van der Waals surface area contributed by atoms with E-state index in [2.05, 4.69) is 5.32 Å². The highest BCUT2D eigenvalue weighted by atomic mass is 16.4. The molecular formula is C18H19NO3. The normalized spacial score (nSPS) is 13.2. The van der Waals surface area contributed by atoms with Crippen molar-refractivity contribution in [3.63, 3.8) is 0 Å². The van der Waals surface area contributed by atoms with Crippen molar-refractivity contribution in [3.05, 3.63) is 71.3 Å². The minimum absolute atomic E-state index is 0.264. The number of benzene rings is 2. The average Bonchev–Trinajstić information content (AvgIpc) is 2.53. The molecule has 0 aliphatic heterocycles. The van der Waals surface area contributed by atoms with Crippen molar-refractivity contribution in [1.82, 2.24) is 5.32 Å². The Hall–Kier alpha value is -2.62. The van der Waals surface area contributed by atoms with Crippen LogP contribution in [0.3, 0.4) is 0 Å². The summed E-state index contributed by atoms with van der Waals surface area (Å²) < 4.78 is 0. The molecule has 2 atom stereocenters. The Morgan fingerprint density at radius 1 is 1.00 bits per heavy atom. The van der Waals surface area contributed by atoms with Crippen LogP contribution in [-0.2, 0) is 4.79 Å². The van der Waals surface area contributed by atoms with Crippen LogP contribution >= 0.6 is 0 Å². The molecular weight excluding hydrogens is 278 g/mol. The van der Waals surface area contributed by atoms with Crippen LogP contribution in [0.15, 0.2) is 54.6 Å². The Morgan fingerprint density at radius 2 is 1.59 bits per heavy atom. The van der Waals surface area contributed by atoms with Crippen LogP contribution in [0.25, 0.3) is 0 Å². The second-order valence-electron chi connectivity index (χ2n) is 5.30. The smallest absolute Gasteiger partial charge is 0.308 e.